The van der Waals surface area contributed by atoms with E-state index in [0.717, 1.165) is 23.4 Å². The number of aromatic nitrogens is 2. The minimum atomic E-state index is -0.368. The molecule has 2 N–H and O–H groups in total. The van der Waals surface area contributed by atoms with Crippen molar-refractivity contribution in [3.8, 4) is 0 Å². The predicted octanol–water partition coefficient (Wildman–Crippen LogP) is 2.72. The van der Waals surface area contributed by atoms with Gasteiger partial charge in [0.25, 0.3) is 5.69 Å². The van der Waals surface area contributed by atoms with Gasteiger partial charge in [-0.15, -0.1) is 0 Å². The van der Waals surface area contributed by atoms with Crippen LogP contribution in [0.25, 0.3) is 0 Å². The van der Waals surface area contributed by atoms with E-state index < -0.39 is 0 Å². The Balaban J connectivity index is 2.39. The lowest BCUT2D eigenvalue weighted by Gasteiger charge is -2.07. The third-order valence-electron chi connectivity index (χ3n) is 3.49. The molecule has 0 amide bonds. The Kier molecular flexibility index (Phi) is 4.74. The first-order valence-corrected chi connectivity index (χ1v) is 7.39. The summed E-state index contributed by atoms with van der Waals surface area (Å²) >= 11 is 3.26. The molecule has 0 aliphatic carbocycles. The maximum atomic E-state index is 11.2. The Morgan fingerprint density at radius 2 is 2.14 bits per heavy atom. The minimum Gasteiger partial charge on any atom is -0.330 e. The molecule has 1 aromatic carbocycles. The van der Waals surface area contributed by atoms with Gasteiger partial charge in [0, 0.05) is 16.2 Å². The van der Waals surface area contributed by atoms with Crippen LogP contribution in [0.5, 0.6) is 0 Å². The molecule has 0 aliphatic heterocycles. The number of rotatable bonds is 5. The van der Waals surface area contributed by atoms with Crippen molar-refractivity contribution in [2.45, 2.75) is 26.8 Å². The van der Waals surface area contributed by atoms with Crippen molar-refractivity contribution in [1.82, 2.24) is 9.78 Å². The molecule has 2 aromatic rings. The van der Waals surface area contributed by atoms with Crippen LogP contribution in [-0.2, 0) is 13.0 Å². The highest BCUT2D eigenvalue weighted by molar-refractivity contribution is 9.10. The van der Waals surface area contributed by atoms with E-state index in [2.05, 4.69) is 21.0 Å². The zero-order valence-electron chi connectivity index (χ0n) is 12.0. The number of hydrogen-bond acceptors (Lipinski definition) is 4. The SMILES string of the molecule is Cc1nn(Cc2ccc(Br)cc2[N+](=O)[O-])c(C)c1CCN. The van der Waals surface area contributed by atoms with Crippen LogP contribution in [0.3, 0.4) is 0 Å². The number of nitro groups is 1. The Bertz CT molecular complexity index is 682. The average molecular weight is 353 g/mol. The summed E-state index contributed by atoms with van der Waals surface area (Å²) in [5.41, 5.74) is 9.40. The molecule has 0 aliphatic rings. The van der Waals surface area contributed by atoms with Crippen molar-refractivity contribution >= 4 is 21.6 Å². The van der Waals surface area contributed by atoms with Crippen LogP contribution in [-0.4, -0.2) is 21.2 Å². The lowest BCUT2D eigenvalue weighted by molar-refractivity contribution is -0.385. The van der Waals surface area contributed by atoms with Crippen molar-refractivity contribution in [3.63, 3.8) is 0 Å². The van der Waals surface area contributed by atoms with Gasteiger partial charge in [0.1, 0.15) is 0 Å². The lowest BCUT2D eigenvalue weighted by atomic mass is 10.1. The third-order valence-corrected chi connectivity index (χ3v) is 3.98. The fourth-order valence-corrected chi connectivity index (χ4v) is 2.75. The highest BCUT2D eigenvalue weighted by Crippen LogP contribution is 2.25. The summed E-state index contributed by atoms with van der Waals surface area (Å²) < 4.78 is 2.49. The first-order valence-electron chi connectivity index (χ1n) is 6.59. The second-order valence-electron chi connectivity index (χ2n) is 4.88. The minimum absolute atomic E-state index is 0.0947. The standard InChI is InChI=1S/C14H17BrN4O2/c1-9-13(5-6-16)10(2)18(17-9)8-11-3-4-12(15)7-14(11)19(20)21/h3-4,7H,5-6,8,16H2,1-2H3. The molecule has 1 heterocycles. The van der Waals surface area contributed by atoms with E-state index in [1.54, 1.807) is 16.8 Å². The van der Waals surface area contributed by atoms with E-state index in [1.807, 2.05) is 13.8 Å². The van der Waals surface area contributed by atoms with Crippen LogP contribution in [0.2, 0.25) is 0 Å². The molecule has 0 radical (unpaired) electrons. The Morgan fingerprint density at radius 3 is 2.76 bits per heavy atom. The maximum absolute atomic E-state index is 11.2. The molecule has 0 spiro atoms. The van der Waals surface area contributed by atoms with E-state index >= 15 is 0 Å². The molecule has 1 aromatic heterocycles. The highest BCUT2D eigenvalue weighted by atomic mass is 79.9. The second kappa shape index (κ2) is 6.36. The summed E-state index contributed by atoms with van der Waals surface area (Å²) in [5, 5.41) is 15.6. The zero-order valence-corrected chi connectivity index (χ0v) is 13.6. The quantitative estimate of drug-likeness (QED) is 0.661. The molecule has 0 fully saturated rings. The zero-order chi connectivity index (χ0) is 15.6. The number of nitrogens with zero attached hydrogens (tertiary/aromatic N) is 3. The molecule has 21 heavy (non-hydrogen) atoms. The molecule has 0 unspecified atom stereocenters. The summed E-state index contributed by atoms with van der Waals surface area (Å²) in [7, 11) is 0. The number of nitro benzene ring substituents is 1. The van der Waals surface area contributed by atoms with E-state index in [0.29, 0.717) is 23.1 Å². The molecule has 2 rings (SSSR count). The van der Waals surface area contributed by atoms with Crippen LogP contribution in [0, 0.1) is 24.0 Å². The fraction of sp³-hybridized carbons (Fsp3) is 0.357. The average Bonchev–Trinajstić information content (AvgIpc) is 2.68. The van der Waals surface area contributed by atoms with Crippen LogP contribution < -0.4 is 5.73 Å². The number of aryl methyl sites for hydroxylation is 1. The molecular formula is C14H17BrN4O2. The van der Waals surface area contributed by atoms with Gasteiger partial charge >= 0.3 is 0 Å². The van der Waals surface area contributed by atoms with Gasteiger partial charge in [0.05, 0.1) is 22.7 Å². The second-order valence-corrected chi connectivity index (χ2v) is 5.79. The van der Waals surface area contributed by atoms with Crippen LogP contribution >= 0.6 is 15.9 Å². The summed E-state index contributed by atoms with van der Waals surface area (Å²) in [5.74, 6) is 0. The van der Waals surface area contributed by atoms with Gasteiger partial charge in [-0.3, -0.25) is 14.8 Å². The molecule has 0 bridgehead atoms. The highest BCUT2D eigenvalue weighted by Gasteiger charge is 2.17. The molecule has 7 heteroatoms. The third kappa shape index (κ3) is 3.30. The summed E-state index contributed by atoms with van der Waals surface area (Å²) in [6, 6.07) is 5.07. The maximum Gasteiger partial charge on any atom is 0.275 e. The number of hydrogen-bond donors (Lipinski definition) is 1. The smallest absolute Gasteiger partial charge is 0.275 e. The van der Waals surface area contributed by atoms with Gasteiger partial charge in [-0.2, -0.15) is 5.10 Å². The van der Waals surface area contributed by atoms with Gasteiger partial charge in [-0.1, -0.05) is 15.9 Å². The van der Waals surface area contributed by atoms with Crippen LogP contribution in [0.4, 0.5) is 5.69 Å². The van der Waals surface area contributed by atoms with Crippen LogP contribution in [0.15, 0.2) is 22.7 Å². The van der Waals surface area contributed by atoms with Gasteiger partial charge in [0.2, 0.25) is 0 Å². The van der Waals surface area contributed by atoms with Gasteiger partial charge < -0.3 is 5.73 Å². The molecule has 112 valence electrons. The first-order chi connectivity index (χ1) is 9.93. The van der Waals surface area contributed by atoms with Gasteiger partial charge in [0.15, 0.2) is 0 Å². The van der Waals surface area contributed by atoms with Crippen LogP contribution in [0.1, 0.15) is 22.5 Å². The van der Waals surface area contributed by atoms with E-state index in [9.17, 15) is 10.1 Å². The number of halogens is 1. The van der Waals surface area contributed by atoms with Gasteiger partial charge in [-0.25, -0.2) is 0 Å². The first kappa shape index (κ1) is 15.7. The lowest BCUT2D eigenvalue weighted by Crippen LogP contribution is -2.08. The summed E-state index contributed by atoms with van der Waals surface area (Å²) in [4.78, 5) is 10.8. The fourth-order valence-electron chi connectivity index (χ4n) is 2.40. The Labute approximate surface area is 131 Å². The molecule has 6 nitrogen and oxygen atoms in total. The topological polar surface area (TPSA) is 87.0 Å². The Morgan fingerprint density at radius 1 is 1.43 bits per heavy atom. The largest absolute Gasteiger partial charge is 0.330 e. The van der Waals surface area contributed by atoms with Crippen molar-refractivity contribution in [1.29, 1.82) is 0 Å². The summed E-state index contributed by atoms with van der Waals surface area (Å²) in [6.45, 7) is 4.84. The van der Waals surface area contributed by atoms with Crippen molar-refractivity contribution in [2.24, 2.45) is 5.73 Å². The number of nitrogens with two attached hydrogens (primary N) is 1. The molecule has 0 saturated carbocycles. The van der Waals surface area contributed by atoms with E-state index in [1.165, 1.54) is 6.07 Å². The van der Waals surface area contributed by atoms with Crippen molar-refractivity contribution < 1.29 is 4.92 Å². The Hall–Kier alpha value is -1.73. The molecule has 0 atom stereocenters. The van der Waals surface area contributed by atoms with Crippen molar-refractivity contribution in [3.05, 3.63) is 55.3 Å². The predicted molar refractivity (Wildman–Crippen MR) is 84.4 cm³/mol. The van der Waals surface area contributed by atoms with E-state index in [4.69, 9.17) is 5.73 Å². The molecular weight excluding hydrogens is 336 g/mol. The summed E-state index contributed by atoms with van der Waals surface area (Å²) in [6.07, 6.45) is 0.764. The normalized spacial score (nSPS) is 10.9. The van der Waals surface area contributed by atoms with Crippen molar-refractivity contribution in [2.75, 3.05) is 6.54 Å². The van der Waals surface area contributed by atoms with E-state index in [-0.39, 0.29) is 10.6 Å². The molecule has 0 saturated heterocycles. The monoisotopic (exact) mass is 352 g/mol. The van der Waals surface area contributed by atoms with Gasteiger partial charge in [-0.05, 0) is 44.5 Å². The number of benzene rings is 1.